The van der Waals surface area contributed by atoms with E-state index in [0.717, 1.165) is 6.54 Å². The molecule has 0 N–H and O–H groups in total. The van der Waals surface area contributed by atoms with E-state index in [1.807, 2.05) is 11.8 Å². The van der Waals surface area contributed by atoms with Gasteiger partial charge in [-0.25, -0.2) is 0 Å². The number of hydrogen-bond donors (Lipinski definition) is 0. The number of thioether (sulfide) groups is 1. The van der Waals surface area contributed by atoms with Gasteiger partial charge in [-0.15, -0.1) is 11.6 Å². The zero-order chi connectivity index (χ0) is 8.10. The van der Waals surface area contributed by atoms with Gasteiger partial charge in [-0.2, -0.15) is 11.8 Å². The van der Waals surface area contributed by atoms with Gasteiger partial charge in [0.25, 0.3) is 0 Å². The first-order valence-electron chi connectivity index (χ1n) is 4.18. The van der Waals surface area contributed by atoms with E-state index < -0.39 is 0 Å². The summed E-state index contributed by atoms with van der Waals surface area (Å²) < 4.78 is 0. The first-order chi connectivity index (χ1) is 5.33. The molecule has 11 heavy (non-hydrogen) atoms. The van der Waals surface area contributed by atoms with Gasteiger partial charge in [0.2, 0.25) is 0 Å². The van der Waals surface area contributed by atoms with Crippen LogP contribution in [0.4, 0.5) is 0 Å². The zero-order valence-electron chi connectivity index (χ0n) is 7.05. The van der Waals surface area contributed by atoms with Crippen molar-refractivity contribution in [2.24, 2.45) is 0 Å². The second-order valence-electron chi connectivity index (χ2n) is 3.03. The van der Waals surface area contributed by atoms with Gasteiger partial charge in [-0.05, 0) is 37.9 Å². The third-order valence-corrected chi connectivity index (χ3v) is 3.09. The van der Waals surface area contributed by atoms with Crippen LogP contribution in [0.15, 0.2) is 0 Å². The van der Waals surface area contributed by atoms with Crippen LogP contribution in [0.2, 0.25) is 0 Å². The highest BCUT2D eigenvalue weighted by Gasteiger charge is 2.18. The molecule has 1 saturated heterocycles. The minimum absolute atomic E-state index is 0.421. The Morgan fingerprint density at radius 1 is 1.64 bits per heavy atom. The molecular formula is C8H16ClNS. The monoisotopic (exact) mass is 193 g/mol. The van der Waals surface area contributed by atoms with Crippen molar-refractivity contribution in [3.63, 3.8) is 0 Å². The van der Waals surface area contributed by atoms with Crippen LogP contribution in [-0.2, 0) is 0 Å². The second kappa shape index (κ2) is 5.28. The maximum Gasteiger partial charge on any atom is 0.0475 e. The molecule has 0 spiro atoms. The van der Waals surface area contributed by atoms with Crippen molar-refractivity contribution in [2.45, 2.75) is 18.2 Å². The molecule has 3 heteroatoms. The number of nitrogens with zero attached hydrogens (tertiary/aromatic N) is 1. The number of alkyl halides is 1. The number of rotatable bonds is 4. The first kappa shape index (κ1) is 9.69. The van der Waals surface area contributed by atoms with Crippen molar-refractivity contribution in [3.8, 4) is 0 Å². The topological polar surface area (TPSA) is 3.24 Å². The van der Waals surface area contributed by atoms with Crippen LogP contribution in [0.3, 0.4) is 0 Å². The van der Waals surface area contributed by atoms with Crippen LogP contribution in [0.5, 0.6) is 0 Å². The van der Waals surface area contributed by atoms with Crippen molar-refractivity contribution in [1.29, 1.82) is 0 Å². The third-order valence-electron chi connectivity index (χ3n) is 2.04. The lowest BCUT2D eigenvalue weighted by atomic mass is 10.4. The Balaban J connectivity index is 1.99. The van der Waals surface area contributed by atoms with Gasteiger partial charge in [0.05, 0.1) is 0 Å². The summed E-state index contributed by atoms with van der Waals surface area (Å²) in [5.41, 5.74) is 0. The third kappa shape index (κ3) is 3.68. The van der Waals surface area contributed by atoms with Crippen molar-refractivity contribution < 1.29 is 0 Å². The van der Waals surface area contributed by atoms with Gasteiger partial charge in [0.1, 0.15) is 0 Å². The summed E-state index contributed by atoms with van der Waals surface area (Å²) in [6.07, 6.45) is 4.65. The summed E-state index contributed by atoms with van der Waals surface area (Å²) in [7, 11) is 0. The highest BCUT2D eigenvalue weighted by molar-refractivity contribution is 7.98. The Hall–Kier alpha value is 0.600. The van der Waals surface area contributed by atoms with E-state index in [9.17, 15) is 0 Å². The average molecular weight is 194 g/mol. The predicted octanol–water partition coefficient (Wildman–Crippen LogP) is 2.05. The second-order valence-corrected chi connectivity index (χ2v) is 4.64. The Kier molecular flexibility index (Phi) is 4.65. The van der Waals surface area contributed by atoms with Crippen LogP contribution in [0.1, 0.15) is 12.8 Å². The van der Waals surface area contributed by atoms with Gasteiger partial charge in [-0.1, -0.05) is 0 Å². The molecule has 0 amide bonds. The molecule has 1 rings (SSSR count). The minimum Gasteiger partial charge on any atom is -0.302 e. The van der Waals surface area contributed by atoms with E-state index in [0.29, 0.717) is 5.38 Å². The maximum atomic E-state index is 5.97. The number of halogens is 1. The van der Waals surface area contributed by atoms with Crippen molar-refractivity contribution in [2.75, 3.05) is 31.6 Å². The molecule has 1 nitrogen and oxygen atoms in total. The van der Waals surface area contributed by atoms with E-state index in [-0.39, 0.29) is 0 Å². The van der Waals surface area contributed by atoms with Crippen molar-refractivity contribution in [1.82, 2.24) is 4.90 Å². The van der Waals surface area contributed by atoms with E-state index in [1.54, 1.807) is 0 Å². The molecule has 1 aliphatic heterocycles. The largest absolute Gasteiger partial charge is 0.302 e. The summed E-state index contributed by atoms with van der Waals surface area (Å²) in [6.45, 7) is 3.56. The van der Waals surface area contributed by atoms with E-state index in [2.05, 4.69) is 11.2 Å². The minimum atomic E-state index is 0.421. The Bertz CT molecular complexity index is 110. The molecule has 1 heterocycles. The zero-order valence-corrected chi connectivity index (χ0v) is 8.63. The fourth-order valence-electron chi connectivity index (χ4n) is 1.42. The summed E-state index contributed by atoms with van der Waals surface area (Å²) in [5, 5.41) is 0.421. The highest BCUT2D eigenvalue weighted by atomic mass is 35.5. The summed E-state index contributed by atoms with van der Waals surface area (Å²) in [6, 6.07) is 0. The van der Waals surface area contributed by atoms with Gasteiger partial charge in [-0.3, -0.25) is 0 Å². The van der Waals surface area contributed by atoms with E-state index >= 15 is 0 Å². The molecule has 1 fully saturated rings. The molecule has 0 aromatic heterocycles. The summed E-state index contributed by atoms with van der Waals surface area (Å²) >= 11 is 7.90. The molecule has 66 valence electrons. The SMILES string of the molecule is CSCCCN1CCC(Cl)C1. The summed E-state index contributed by atoms with van der Waals surface area (Å²) in [4.78, 5) is 2.47. The molecule has 1 unspecified atom stereocenters. The van der Waals surface area contributed by atoms with Crippen molar-refractivity contribution >= 4 is 23.4 Å². The Labute approximate surface area is 78.5 Å². The van der Waals surface area contributed by atoms with Gasteiger partial charge in [0.15, 0.2) is 0 Å². The molecule has 0 aromatic carbocycles. The predicted molar refractivity (Wildman–Crippen MR) is 53.7 cm³/mol. The standard InChI is InChI=1S/C8H16ClNS/c1-11-6-2-4-10-5-3-8(9)7-10/h8H,2-7H2,1H3. The fraction of sp³-hybridized carbons (Fsp3) is 1.00. The quantitative estimate of drug-likeness (QED) is 0.497. The smallest absolute Gasteiger partial charge is 0.0475 e. The highest BCUT2D eigenvalue weighted by Crippen LogP contribution is 2.14. The molecule has 0 aliphatic carbocycles. The van der Waals surface area contributed by atoms with Gasteiger partial charge in [0, 0.05) is 11.9 Å². The lowest BCUT2D eigenvalue weighted by Crippen LogP contribution is -2.22. The normalized spacial score (nSPS) is 26.2. The molecule has 0 saturated carbocycles. The van der Waals surface area contributed by atoms with E-state index in [4.69, 9.17) is 11.6 Å². The van der Waals surface area contributed by atoms with Crippen LogP contribution in [-0.4, -0.2) is 41.9 Å². The number of hydrogen-bond acceptors (Lipinski definition) is 2. The Morgan fingerprint density at radius 2 is 2.45 bits per heavy atom. The fourth-order valence-corrected chi connectivity index (χ4v) is 2.13. The van der Waals surface area contributed by atoms with Crippen LogP contribution >= 0.6 is 23.4 Å². The molecule has 0 bridgehead atoms. The van der Waals surface area contributed by atoms with Crippen molar-refractivity contribution in [3.05, 3.63) is 0 Å². The molecular weight excluding hydrogens is 178 g/mol. The van der Waals surface area contributed by atoms with Crippen LogP contribution in [0.25, 0.3) is 0 Å². The van der Waals surface area contributed by atoms with Gasteiger partial charge >= 0.3 is 0 Å². The van der Waals surface area contributed by atoms with Crippen LogP contribution in [0, 0.1) is 0 Å². The molecule has 1 aliphatic rings. The van der Waals surface area contributed by atoms with Gasteiger partial charge < -0.3 is 4.90 Å². The Morgan fingerprint density at radius 3 is 3.00 bits per heavy atom. The average Bonchev–Trinajstić information content (AvgIpc) is 2.37. The van der Waals surface area contributed by atoms with Crippen LogP contribution < -0.4 is 0 Å². The molecule has 0 radical (unpaired) electrons. The van der Waals surface area contributed by atoms with E-state index in [1.165, 1.54) is 31.7 Å². The lowest BCUT2D eigenvalue weighted by molar-refractivity contribution is 0.341. The lowest BCUT2D eigenvalue weighted by Gasteiger charge is -2.13. The maximum absolute atomic E-state index is 5.97. The molecule has 0 aromatic rings. The molecule has 1 atom stereocenters. The first-order valence-corrected chi connectivity index (χ1v) is 6.01. The summed E-state index contributed by atoms with van der Waals surface area (Å²) in [5.74, 6) is 1.28. The number of likely N-dealkylation sites (tertiary alicyclic amines) is 1.